The van der Waals surface area contributed by atoms with Crippen LogP contribution in [0.2, 0.25) is 0 Å². The second-order valence-corrected chi connectivity index (χ2v) is 6.00. The molecule has 2 N–H and O–H groups in total. The Morgan fingerprint density at radius 1 is 1.12 bits per heavy atom. The normalized spacial score (nSPS) is 17.3. The molecule has 0 unspecified atom stereocenters. The van der Waals surface area contributed by atoms with Gasteiger partial charge in [0.15, 0.2) is 11.5 Å². The topological polar surface area (TPSA) is 89.4 Å². The molecule has 0 saturated heterocycles. The Kier molecular flexibility index (Phi) is 3.56. The molecule has 3 heterocycles. The van der Waals surface area contributed by atoms with E-state index in [0.29, 0.717) is 17.5 Å². The average molecular weight is 362 g/mol. The van der Waals surface area contributed by atoms with Gasteiger partial charge < -0.3 is 10.6 Å². The van der Waals surface area contributed by atoms with E-state index in [1.807, 2.05) is 24.3 Å². The lowest BCUT2D eigenvalue weighted by atomic mass is 9.93. The van der Waals surface area contributed by atoms with Crippen molar-refractivity contribution in [3.63, 3.8) is 0 Å². The number of nitrogens with zero attached hydrogens (tertiary/aromatic N) is 5. The molecule has 0 radical (unpaired) electrons. The maximum absolute atomic E-state index is 13.1. The van der Waals surface area contributed by atoms with Gasteiger partial charge in [-0.1, -0.05) is 24.3 Å². The minimum absolute atomic E-state index is 0.0332. The number of rotatable bonds is 2. The summed E-state index contributed by atoms with van der Waals surface area (Å²) in [5.41, 5.74) is 7.44. The molecule has 134 valence electrons. The number of aromatic nitrogens is 4. The number of benzene rings is 1. The van der Waals surface area contributed by atoms with Crippen LogP contribution in [0.3, 0.4) is 0 Å². The van der Waals surface area contributed by atoms with Gasteiger partial charge in [0.1, 0.15) is 6.04 Å². The maximum Gasteiger partial charge on any atom is 0.453 e. The van der Waals surface area contributed by atoms with Crippen molar-refractivity contribution in [2.45, 2.75) is 25.2 Å². The summed E-state index contributed by atoms with van der Waals surface area (Å²) in [6, 6.07) is 9.71. The molecule has 0 aliphatic carbocycles. The van der Waals surface area contributed by atoms with Gasteiger partial charge in [-0.25, -0.2) is 0 Å². The maximum atomic E-state index is 13.1. The van der Waals surface area contributed by atoms with Gasteiger partial charge in [-0.05, 0) is 23.3 Å². The van der Waals surface area contributed by atoms with Gasteiger partial charge >= 0.3 is 6.18 Å². The van der Waals surface area contributed by atoms with Gasteiger partial charge in [0.05, 0.1) is 0 Å². The number of carbonyl (C=O) groups is 1. The first kappa shape index (κ1) is 16.3. The molecule has 0 bridgehead atoms. The summed E-state index contributed by atoms with van der Waals surface area (Å²) in [5, 5.41) is 10.7. The van der Waals surface area contributed by atoms with Crippen LogP contribution in [0.5, 0.6) is 0 Å². The van der Waals surface area contributed by atoms with Crippen molar-refractivity contribution in [2.75, 3.05) is 4.90 Å². The molecule has 0 saturated carbocycles. The Hall–Kier alpha value is -3.17. The number of hydrogen-bond donors (Lipinski definition) is 1. The van der Waals surface area contributed by atoms with E-state index < -0.39 is 23.9 Å². The monoisotopic (exact) mass is 362 g/mol. The summed E-state index contributed by atoms with van der Waals surface area (Å²) in [5.74, 6) is -1.59. The fourth-order valence-electron chi connectivity index (χ4n) is 3.13. The number of halogens is 3. The third-order valence-corrected chi connectivity index (χ3v) is 4.37. The predicted molar refractivity (Wildman–Crippen MR) is 85.1 cm³/mol. The lowest BCUT2D eigenvalue weighted by molar-refractivity contribution is -0.146. The van der Waals surface area contributed by atoms with Crippen LogP contribution >= 0.6 is 0 Å². The first-order valence-corrected chi connectivity index (χ1v) is 7.77. The summed E-state index contributed by atoms with van der Waals surface area (Å²) >= 11 is 0. The predicted octanol–water partition coefficient (Wildman–Crippen LogP) is 1.56. The van der Waals surface area contributed by atoms with Gasteiger partial charge in [-0.15, -0.1) is 15.3 Å². The molecular weight excluding hydrogens is 349 g/mol. The Morgan fingerprint density at radius 2 is 1.85 bits per heavy atom. The van der Waals surface area contributed by atoms with E-state index in [1.165, 1.54) is 12.1 Å². The van der Waals surface area contributed by atoms with Crippen molar-refractivity contribution in [3.05, 3.63) is 53.3 Å². The van der Waals surface area contributed by atoms with Crippen LogP contribution in [0.15, 0.2) is 36.4 Å². The number of anilines is 1. The summed E-state index contributed by atoms with van der Waals surface area (Å²) in [6.45, 7) is 0.311. The Morgan fingerprint density at radius 3 is 2.54 bits per heavy atom. The van der Waals surface area contributed by atoms with E-state index in [4.69, 9.17) is 5.73 Å². The number of carbonyl (C=O) groups excluding carboxylic acids is 1. The van der Waals surface area contributed by atoms with Crippen LogP contribution in [0, 0.1) is 0 Å². The molecule has 1 aromatic carbocycles. The molecule has 7 nitrogen and oxygen atoms in total. The fraction of sp³-hybridized carbons (Fsp3) is 0.250. The SMILES string of the molecule is NC(=O)[C@@H]1Cc2ccccc2CN1c1ccc2nnc(C(F)(F)F)n2n1. The van der Waals surface area contributed by atoms with Crippen LogP contribution in [-0.2, 0) is 23.9 Å². The zero-order chi connectivity index (χ0) is 18.5. The Balaban J connectivity index is 1.81. The first-order chi connectivity index (χ1) is 12.3. The van der Waals surface area contributed by atoms with Crippen LogP contribution in [-0.4, -0.2) is 31.8 Å². The number of nitrogens with two attached hydrogens (primary N) is 1. The van der Waals surface area contributed by atoms with Crippen LogP contribution < -0.4 is 10.6 Å². The Labute approximate surface area is 145 Å². The highest BCUT2D eigenvalue weighted by atomic mass is 19.4. The minimum Gasteiger partial charge on any atom is -0.368 e. The molecule has 26 heavy (non-hydrogen) atoms. The summed E-state index contributed by atoms with van der Waals surface area (Å²) < 4.78 is 39.9. The van der Waals surface area contributed by atoms with Gasteiger partial charge in [0.25, 0.3) is 5.82 Å². The molecule has 0 fully saturated rings. The molecule has 1 aliphatic rings. The molecule has 10 heteroatoms. The molecular formula is C16H13F3N6O. The largest absolute Gasteiger partial charge is 0.453 e. The quantitative estimate of drug-likeness (QED) is 0.747. The van der Waals surface area contributed by atoms with E-state index in [0.717, 1.165) is 11.1 Å². The third-order valence-electron chi connectivity index (χ3n) is 4.37. The lowest BCUT2D eigenvalue weighted by Gasteiger charge is -2.35. The van der Waals surface area contributed by atoms with Gasteiger partial charge in [0.2, 0.25) is 5.91 Å². The van der Waals surface area contributed by atoms with Crippen LogP contribution in [0.25, 0.3) is 5.65 Å². The average Bonchev–Trinajstić information content (AvgIpc) is 3.04. The molecule has 1 atom stereocenters. The summed E-state index contributed by atoms with van der Waals surface area (Å²) in [4.78, 5) is 13.5. The van der Waals surface area contributed by atoms with Gasteiger partial charge in [-0.2, -0.15) is 17.7 Å². The molecule has 1 amide bonds. The smallest absolute Gasteiger partial charge is 0.368 e. The molecule has 3 aromatic rings. The third kappa shape index (κ3) is 2.63. The molecule has 1 aliphatic heterocycles. The van der Waals surface area contributed by atoms with E-state index >= 15 is 0 Å². The molecule has 0 spiro atoms. The van der Waals surface area contributed by atoms with Gasteiger partial charge in [-0.3, -0.25) is 4.79 Å². The second kappa shape index (κ2) is 5.68. The Bertz CT molecular complexity index is 999. The number of primary amides is 1. The number of alkyl halides is 3. The van der Waals surface area contributed by atoms with Crippen LogP contribution in [0.1, 0.15) is 17.0 Å². The van der Waals surface area contributed by atoms with E-state index in [1.54, 1.807) is 4.90 Å². The van der Waals surface area contributed by atoms with E-state index in [2.05, 4.69) is 15.3 Å². The zero-order valence-corrected chi connectivity index (χ0v) is 13.3. The standard InChI is InChI=1S/C16H13F3N6O/c17-16(18,19)15-22-21-12-5-6-13(23-25(12)15)24-8-10-4-2-1-3-9(10)7-11(24)14(20)26/h1-6,11H,7-8H2,(H2,20,26)/t11-/m0/s1. The zero-order valence-electron chi connectivity index (χ0n) is 13.3. The summed E-state index contributed by atoms with van der Waals surface area (Å²) in [6.07, 6.45) is -4.33. The van der Waals surface area contributed by atoms with Crippen LogP contribution in [0.4, 0.5) is 19.0 Å². The van der Waals surface area contributed by atoms with E-state index in [9.17, 15) is 18.0 Å². The van der Waals surface area contributed by atoms with Crippen molar-refractivity contribution in [1.29, 1.82) is 0 Å². The van der Waals surface area contributed by atoms with E-state index in [-0.39, 0.29) is 11.5 Å². The highest BCUT2D eigenvalue weighted by molar-refractivity contribution is 5.84. The second-order valence-electron chi connectivity index (χ2n) is 6.00. The minimum atomic E-state index is -4.69. The number of amides is 1. The number of fused-ring (bicyclic) bond motifs is 2. The lowest BCUT2D eigenvalue weighted by Crippen LogP contribution is -2.49. The van der Waals surface area contributed by atoms with Crippen molar-refractivity contribution >= 4 is 17.4 Å². The van der Waals surface area contributed by atoms with Crippen molar-refractivity contribution in [2.24, 2.45) is 5.73 Å². The highest BCUT2D eigenvalue weighted by Gasteiger charge is 2.38. The molecule has 4 rings (SSSR count). The first-order valence-electron chi connectivity index (χ1n) is 7.77. The molecule has 2 aromatic heterocycles. The van der Waals surface area contributed by atoms with Crippen molar-refractivity contribution in [3.8, 4) is 0 Å². The van der Waals surface area contributed by atoms with Crippen molar-refractivity contribution < 1.29 is 18.0 Å². The highest BCUT2D eigenvalue weighted by Crippen LogP contribution is 2.30. The van der Waals surface area contributed by atoms with Gasteiger partial charge in [0, 0.05) is 13.0 Å². The van der Waals surface area contributed by atoms with Crippen molar-refractivity contribution in [1.82, 2.24) is 19.8 Å². The fourth-order valence-corrected chi connectivity index (χ4v) is 3.13. The summed E-state index contributed by atoms with van der Waals surface area (Å²) in [7, 11) is 0. The number of hydrogen-bond acceptors (Lipinski definition) is 5.